The van der Waals surface area contributed by atoms with Crippen LogP contribution in [0.1, 0.15) is 31.7 Å². The van der Waals surface area contributed by atoms with E-state index in [2.05, 4.69) is 31.1 Å². The van der Waals surface area contributed by atoms with Gasteiger partial charge in [-0.05, 0) is 41.6 Å². The number of nitrogens with zero attached hydrogens (tertiary/aromatic N) is 6. The van der Waals surface area contributed by atoms with E-state index >= 15 is 0 Å². The summed E-state index contributed by atoms with van der Waals surface area (Å²) < 4.78 is 10.5. The number of aryl methyl sites for hydroxylation is 1. The Balaban J connectivity index is 1.52. The second-order valence-electron chi connectivity index (χ2n) is 7.03. The quantitative estimate of drug-likeness (QED) is 0.654. The van der Waals surface area contributed by atoms with Crippen molar-refractivity contribution < 1.29 is 14.6 Å². The average molecular weight is 449 g/mol. The molecule has 0 aliphatic heterocycles. The Kier molecular flexibility index (Phi) is 4.96. The predicted molar refractivity (Wildman–Crippen MR) is 107 cm³/mol. The van der Waals surface area contributed by atoms with E-state index in [0.29, 0.717) is 10.4 Å². The number of rotatable bonds is 4. The number of halogens is 1. The fraction of sp³-hybridized carbons (Fsp3) is 0.444. The Bertz CT molecular complexity index is 1010. The number of pyridine rings is 1. The van der Waals surface area contributed by atoms with Crippen molar-refractivity contribution in [1.82, 2.24) is 24.5 Å². The largest absolute Gasteiger partial charge is 0.487 e. The Morgan fingerprint density at radius 3 is 2.71 bits per heavy atom. The predicted octanol–water partition coefficient (Wildman–Crippen LogP) is 3.60. The molecule has 0 aromatic carbocycles. The minimum absolute atomic E-state index is 0.168. The minimum Gasteiger partial charge on any atom is -0.487 e. The number of hydrogen-bond acceptors (Lipinski definition) is 5. The lowest BCUT2D eigenvalue weighted by atomic mass is 9.93. The smallest absolute Gasteiger partial charge is 0.412 e. The minimum atomic E-state index is -1.05. The van der Waals surface area contributed by atoms with Crippen molar-refractivity contribution in [3.8, 4) is 5.75 Å². The van der Waals surface area contributed by atoms with Crippen LogP contribution >= 0.6 is 15.9 Å². The van der Waals surface area contributed by atoms with E-state index in [1.165, 1.54) is 7.05 Å². The molecule has 3 aromatic heterocycles. The number of amides is 1. The number of carboxylic acid groups (broad SMARTS) is 1. The van der Waals surface area contributed by atoms with Crippen molar-refractivity contribution in [2.75, 3.05) is 11.9 Å². The van der Waals surface area contributed by atoms with Crippen LogP contribution in [0.25, 0.3) is 10.9 Å². The molecule has 0 bridgehead atoms. The molecule has 0 unspecified atom stereocenters. The number of anilines is 1. The van der Waals surface area contributed by atoms with E-state index in [1.54, 1.807) is 23.1 Å². The van der Waals surface area contributed by atoms with Gasteiger partial charge in [-0.2, -0.15) is 10.2 Å². The van der Waals surface area contributed by atoms with Crippen LogP contribution < -0.4 is 9.64 Å². The molecule has 10 heteroatoms. The molecule has 1 N–H and O–H groups in total. The van der Waals surface area contributed by atoms with E-state index in [1.807, 2.05) is 17.9 Å². The van der Waals surface area contributed by atoms with Gasteiger partial charge in [0.15, 0.2) is 5.75 Å². The Labute approximate surface area is 170 Å². The van der Waals surface area contributed by atoms with Crippen LogP contribution in [0, 0.1) is 0 Å². The maximum atomic E-state index is 11.2. The molecule has 1 saturated carbocycles. The number of hydrogen-bond donors (Lipinski definition) is 1. The molecular weight excluding hydrogens is 428 g/mol. The second kappa shape index (κ2) is 7.42. The molecule has 1 fully saturated rings. The monoisotopic (exact) mass is 448 g/mol. The lowest BCUT2D eigenvalue weighted by Gasteiger charge is -2.29. The normalized spacial score (nSPS) is 19.7. The first-order chi connectivity index (χ1) is 13.4. The van der Waals surface area contributed by atoms with Crippen LogP contribution in [-0.2, 0) is 7.05 Å². The third kappa shape index (κ3) is 3.56. The van der Waals surface area contributed by atoms with E-state index in [4.69, 9.17) is 4.74 Å². The van der Waals surface area contributed by atoms with Gasteiger partial charge in [0.2, 0.25) is 0 Å². The zero-order valence-electron chi connectivity index (χ0n) is 15.6. The van der Waals surface area contributed by atoms with Gasteiger partial charge in [-0.3, -0.25) is 14.3 Å². The molecular formula is C18H21BrN6O3. The van der Waals surface area contributed by atoms with Crippen molar-refractivity contribution >= 4 is 38.7 Å². The maximum absolute atomic E-state index is 11.2. The summed E-state index contributed by atoms with van der Waals surface area (Å²) in [5.74, 6) is 1.17. The summed E-state index contributed by atoms with van der Waals surface area (Å²) in [5.41, 5.74) is 0.876. The van der Waals surface area contributed by atoms with E-state index in [9.17, 15) is 9.90 Å². The highest BCUT2D eigenvalue weighted by Gasteiger charge is 2.26. The Morgan fingerprint density at radius 2 is 2.07 bits per heavy atom. The molecule has 3 heterocycles. The van der Waals surface area contributed by atoms with Crippen LogP contribution in [0.15, 0.2) is 29.3 Å². The van der Waals surface area contributed by atoms with E-state index in [0.717, 1.165) is 47.2 Å². The van der Waals surface area contributed by atoms with Crippen LogP contribution in [0.3, 0.4) is 0 Å². The van der Waals surface area contributed by atoms with Gasteiger partial charge in [-0.1, -0.05) is 0 Å². The van der Waals surface area contributed by atoms with Gasteiger partial charge >= 0.3 is 6.09 Å². The first kappa shape index (κ1) is 18.7. The van der Waals surface area contributed by atoms with E-state index < -0.39 is 6.09 Å². The zero-order valence-corrected chi connectivity index (χ0v) is 17.2. The lowest BCUT2D eigenvalue weighted by Crippen LogP contribution is -2.26. The number of ether oxygens (including phenoxy) is 1. The molecule has 0 atom stereocenters. The van der Waals surface area contributed by atoms with Gasteiger partial charge in [-0.15, -0.1) is 0 Å². The van der Waals surface area contributed by atoms with Crippen LogP contribution in [-0.4, -0.2) is 48.9 Å². The van der Waals surface area contributed by atoms with Gasteiger partial charge in [0.1, 0.15) is 10.4 Å². The van der Waals surface area contributed by atoms with Crippen LogP contribution in [0.4, 0.5) is 10.6 Å². The summed E-state index contributed by atoms with van der Waals surface area (Å²) in [7, 11) is 3.35. The molecule has 1 aliphatic rings. The highest BCUT2D eigenvalue weighted by atomic mass is 79.9. The van der Waals surface area contributed by atoms with Gasteiger partial charge in [0.05, 0.1) is 35.4 Å². The first-order valence-corrected chi connectivity index (χ1v) is 9.87. The van der Waals surface area contributed by atoms with Crippen molar-refractivity contribution in [3.63, 3.8) is 0 Å². The summed E-state index contributed by atoms with van der Waals surface area (Å²) >= 11 is 3.50. The maximum Gasteiger partial charge on any atom is 0.412 e. The highest BCUT2D eigenvalue weighted by Crippen LogP contribution is 2.35. The Morgan fingerprint density at radius 1 is 1.32 bits per heavy atom. The highest BCUT2D eigenvalue weighted by molar-refractivity contribution is 9.10. The third-order valence-electron chi connectivity index (χ3n) is 5.14. The molecule has 0 radical (unpaired) electrons. The third-order valence-corrected chi connectivity index (χ3v) is 5.72. The molecule has 148 valence electrons. The summed E-state index contributed by atoms with van der Waals surface area (Å²) in [6.07, 6.45) is 8.09. The van der Waals surface area contributed by atoms with Crippen molar-refractivity contribution in [2.45, 2.75) is 37.8 Å². The SMILES string of the molecule is CN(C(=O)O)c1cc2c(cn1)c(Br)nn2[C@H]1CC[C@@H](Oc2cnn(C)c2)CC1. The number of aromatic nitrogens is 5. The summed E-state index contributed by atoms with van der Waals surface area (Å²) in [6, 6.07) is 2.01. The number of fused-ring (bicyclic) bond motifs is 1. The fourth-order valence-corrected chi connectivity index (χ4v) is 4.08. The number of carbonyl (C=O) groups is 1. The standard InChI is InChI=1S/C18H21BrN6O3/c1-23-10-13(8-21-23)28-12-5-3-11(4-6-12)25-15-7-16(24(2)18(26)27)20-9-14(15)17(19)22-25/h7-12H,3-6H2,1-2H3,(H,26,27)/t11-,12+. The molecule has 0 saturated heterocycles. The van der Waals surface area contributed by atoms with Gasteiger partial charge in [-0.25, -0.2) is 9.78 Å². The van der Waals surface area contributed by atoms with Crippen molar-refractivity contribution in [1.29, 1.82) is 0 Å². The summed E-state index contributed by atoms with van der Waals surface area (Å²) in [4.78, 5) is 16.6. The molecule has 4 rings (SSSR count). The lowest BCUT2D eigenvalue weighted by molar-refractivity contribution is 0.130. The van der Waals surface area contributed by atoms with E-state index in [-0.39, 0.29) is 12.1 Å². The zero-order chi connectivity index (χ0) is 19.8. The topological polar surface area (TPSA) is 98.3 Å². The van der Waals surface area contributed by atoms with Crippen LogP contribution in [0.2, 0.25) is 0 Å². The molecule has 3 aromatic rings. The fourth-order valence-electron chi connectivity index (χ4n) is 3.60. The first-order valence-electron chi connectivity index (χ1n) is 9.08. The van der Waals surface area contributed by atoms with Crippen molar-refractivity contribution in [2.24, 2.45) is 7.05 Å². The average Bonchev–Trinajstić information content (AvgIpc) is 3.24. The molecule has 28 heavy (non-hydrogen) atoms. The molecule has 1 aliphatic carbocycles. The van der Waals surface area contributed by atoms with Gasteiger partial charge in [0, 0.05) is 26.4 Å². The summed E-state index contributed by atoms with van der Waals surface area (Å²) in [5, 5.41) is 18.9. The molecule has 0 spiro atoms. The van der Waals surface area contributed by atoms with Gasteiger partial charge < -0.3 is 9.84 Å². The Hall–Kier alpha value is -2.62. The second-order valence-corrected chi connectivity index (χ2v) is 7.79. The van der Waals surface area contributed by atoms with Gasteiger partial charge in [0.25, 0.3) is 0 Å². The summed E-state index contributed by atoms with van der Waals surface area (Å²) in [6.45, 7) is 0. The molecule has 9 nitrogen and oxygen atoms in total. The van der Waals surface area contributed by atoms with Crippen molar-refractivity contribution in [3.05, 3.63) is 29.3 Å². The molecule has 1 amide bonds. The van der Waals surface area contributed by atoms with Crippen LogP contribution in [0.5, 0.6) is 5.75 Å².